The van der Waals surface area contributed by atoms with Gasteiger partial charge in [-0.25, -0.2) is 9.18 Å². The SMILES string of the molecule is CCn1cc(C(=O)O)c(=O)c2cc(F)c(F)c(OC(F)F)c21. The molecule has 0 saturated heterocycles. The second-order valence-electron chi connectivity index (χ2n) is 4.24. The summed E-state index contributed by atoms with van der Waals surface area (Å²) >= 11 is 0. The summed E-state index contributed by atoms with van der Waals surface area (Å²) in [4.78, 5) is 23.0. The zero-order valence-corrected chi connectivity index (χ0v) is 11.1. The maximum atomic E-state index is 13.7. The predicted molar refractivity (Wildman–Crippen MR) is 67.4 cm³/mol. The highest BCUT2D eigenvalue weighted by Gasteiger charge is 2.24. The van der Waals surface area contributed by atoms with Crippen molar-refractivity contribution < 1.29 is 32.2 Å². The zero-order valence-electron chi connectivity index (χ0n) is 11.1. The number of rotatable bonds is 4. The van der Waals surface area contributed by atoms with Crippen molar-refractivity contribution in [3.05, 3.63) is 39.7 Å². The number of benzene rings is 1. The zero-order chi connectivity index (χ0) is 16.6. The molecule has 0 fully saturated rings. The number of carbonyl (C=O) groups is 1. The van der Waals surface area contributed by atoms with Crippen molar-refractivity contribution in [2.75, 3.05) is 0 Å². The number of hydrogen-bond acceptors (Lipinski definition) is 3. The number of hydrogen-bond donors (Lipinski definition) is 1. The molecular weight excluding hydrogens is 310 g/mol. The van der Waals surface area contributed by atoms with Crippen molar-refractivity contribution in [2.24, 2.45) is 0 Å². The van der Waals surface area contributed by atoms with E-state index in [0.717, 1.165) is 10.8 Å². The van der Waals surface area contributed by atoms with E-state index in [4.69, 9.17) is 5.11 Å². The Hall–Kier alpha value is -2.58. The van der Waals surface area contributed by atoms with Gasteiger partial charge in [0, 0.05) is 12.7 Å². The molecule has 0 spiro atoms. The molecule has 2 rings (SSSR count). The van der Waals surface area contributed by atoms with Crippen molar-refractivity contribution in [2.45, 2.75) is 20.1 Å². The number of halogens is 4. The summed E-state index contributed by atoms with van der Waals surface area (Å²) in [5, 5.41) is 8.39. The number of aromatic carboxylic acids is 1. The summed E-state index contributed by atoms with van der Waals surface area (Å²) in [7, 11) is 0. The molecule has 0 aliphatic rings. The lowest BCUT2D eigenvalue weighted by atomic mass is 10.1. The van der Waals surface area contributed by atoms with Crippen molar-refractivity contribution in [3.8, 4) is 5.75 Å². The fourth-order valence-corrected chi connectivity index (χ4v) is 2.07. The number of aromatic nitrogens is 1. The van der Waals surface area contributed by atoms with Gasteiger partial charge in [0.1, 0.15) is 5.56 Å². The average molecular weight is 319 g/mol. The topological polar surface area (TPSA) is 68.5 Å². The van der Waals surface area contributed by atoms with Gasteiger partial charge in [-0.1, -0.05) is 0 Å². The lowest BCUT2D eigenvalue weighted by molar-refractivity contribution is -0.0516. The summed E-state index contributed by atoms with van der Waals surface area (Å²) in [5.41, 5.74) is -2.25. The maximum Gasteiger partial charge on any atom is 0.387 e. The van der Waals surface area contributed by atoms with E-state index in [9.17, 15) is 27.2 Å². The minimum absolute atomic E-state index is 0.0156. The molecule has 0 radical (unpaired) electrons. The third kappa shape index (κ3) is 2.49. The summed E-state index contributed by atoms with van der Waals surface area (Å²) in [6.45, 7) is -1.93. The Morgan fingerprint density at radius 3 is 2.55 bits per heavy atom. The maximum absolute atomic E-state index is 13.7. The first-order chi connectivity index (χ1) is 10.3. The van der Waals surface area contributed by atoms with E-state index in [2.05, 4.69) is 4.74 Å². The number of pyridine rings is 1. The first-order valence-corrected chi connectivity index (χ1v) is 6.01. The molecule has 0 bridgehead atoms. The number of aryl methyl sites for hydroxylation is 1. The van der Waals surface area contributed by atoms with Gasteiger partial charge < -0.3 is 14.4 Å². The van der Waals surface area contributed by atoms with Crippen LogP contribution in [0.5, 0.6) is 5.75 Å². The van der Waals surface area contributed by atoms with Gasteiger partial charge in [0.25, 0.3) is 0 Å². The molecule has 0 aliphatic carbocycles. The molecular formula is C13H9F4NO4. The highest BCUT2D eigenvalue weighted by atomic mass is 19.3. The van der Waals surface area contributed by atoms with Crippen LogP contribution in [0.3, 0.4) is 0 Å². The lowest BCUT2D eigenvalue weighted by Gasteiger charge is -2.15. The van der Waals surface area contributed by atoms with Crippen molar-refractivity contribution >= 4 is 16.9 Å². The molecule has 0 amide bonds. The Balaban J connectivity index is 3.01. The normalized spacial score (nSPS) is 11.2. The molecule has 22 heavy (non-hydrogen) atoms. The third-order valence-corrected chi connectivity index (χ3v) is 2.99. The Labute approximate surface area is 120 Å². The van der Waals surface area contributed by atoms with E-state index in [1.807, 2.05) is 0 Å². The molecule has 1 heterocycles. The highest BCUT2D eigenvalue weighted by molar-refractivity contribution is 5.94. The van der Waals surface area contributed by atoms with Gasteiger partial charge in [0.2, 0.25) is 11.2 Å². The van der Waals surface area contributed by atoms with E-state index >= 15 is 0 Å². The molecule has 1 aromatic carbocycles. The van der Waals surface area contributed by atoms with Crippen molar-refractivity contribution in [1.29, 1.82) is 0 Å². The number of nitrogens with zero attached hydrogens (tertiary/aromatic N) is 1. The van der Waals surface area contributed by atoms with Gasteiger partial charge in [-0.15, -0.1) is 0 Å². The fourth-order valence-electron chi connectivity index (χ4n) is 2.07. The van der Waals surface area contributed by atoms with E-state index in [1.165, 1.54) is 6.92 Å². The number of fused-ring (bicyclic) bond motifs is 1. The highest BCUT2D eigenvalue weighted by Crippen LogP contribution is 2.31. The lowest BCUT2D eigenvalue weighted by Crippen LogP contribution is -2.20. The van der Waals surface area contributed by atoms with Crippen LogP contribution in [0.1, 0.15) is 17.3 Å². The molecule has 0 aliphatic heterocycles. The van der Waals surface area contributed by atoms with E-state index in [-0.39, 0.29) is 6.54 Å². The molecule has 1 aromatic heterocycles. The van der Waals surface area contributed by atoms with Crippen LogP contribution in [0.4, 0.5) is 17.6 Å². The summed E-state index contributed by atoms with van der Waals surface area (Å²) in [5.74, 6) is -5.99. The van der Waals surface area contributed by atoms with Crippen LogP contribution in [0.2, 0.25) is 0 Å². The minimum atomic E-state index is -3.45. The van der Waals surface area contributed by atoms with Crippen LogP contribution in [-0.4, -0.2) is 22.3 Å². The van der Waals surface area contributed by atoms with E-state index in [0.29, 0.717) is 6.07 Å². The predicted octanol–water partition coefficient (Wildman–Crippen LogP) is 2.60. The van der Waals surface area contributed by atoms with Crippen LogP contribution < -0.4 is 10.2 Å². The first kappa shape index (κ1) is 15.8. The van der Waals surface area contributed by atoms with Crippen molar-refractivity contribution in [1.82, 2.24) is 4.57 Å². The van der Waals surface area contributed by atoms with Gasteiger partial charge in [-0.2, -0.15) is 13.2 Å². The smallest absolute Gasteiger partial charge is 0.387 e. The Morgan fingerprint density at radius 2 is 2.05 bits per heavy atom. The molecule has 5 nitrogen and oxygen atoms in total. The minimum Gasteiger partial charge on any atom is -0.477 e. The van der Waals surface area contributed by atoms with Crippen LogP contribution in [0, 0.1) is 11.6 Å². The second kappa shape index (κ2) is 5.66. The number of alkyl halides is 2. The van der Waals surface area contributed by atoms with Crippen LogP contribution in [0.25, 0.3) is 10.9 Å². The van der Waals surface area contributed by atoms with Crippen molar-refractivity contribution in [3.63, 3.8) is 0 Å². The number of carboxylic acids is 1. The quantitative estimate of drug-likeness (QED) is 0.880. The summed E-state index contributed by atoms with van der Waals surface area (Å²) in [6.07, 6.45) is 0.864. The van der Waals surface area contributed by atoms with Crippen LogP contribution in [0.15, 0.2) is 17.1 Å². The largest absolute Gasteiger partial charge is 0.477 e. The summed E-state index contributed by atoms with van der Waals surface area (Å²) in [6, 6.07) is 0.462. The fraction of sp³-hybridized carbons (Fsp3) is 0.231. The van der Waals surface area contributed by atoms with Crippen LogP contribution >= 0.6 is 0 Å². The summed E-state index contributed by atoms with van der Waals surface area (Å²) < 4.78 is 57.1. The number of carboxylic acid groups (broad SMARTS) is 1. The van der Waals surface area contributed by atoms with E-state index in [1.54, 1.807) is 0 Å². The molecule has 9 heteroatoms. The van der Waals surface area contributed by atoms with Gasteiger partial charge in [-0.3, -0.25) is 4.79 Å². The Kier molecular flexibility index (Phi) is 4.07. The van der Waals surface area contributed by atoms with Gasteiger partial charge >= 0.3 is 12.6 Å². The van der Waals surface area contributed by atoms with Gasteiger partial charge in [-0.05, 0) is 13.0 Å². The first-order valence-electron chi connectivity index (χ1n) is 6.01. The second-order valence-corrected chi connectivity index (χ2v) is 4.24. The molecule has 0 saturated carbocycles. The van der Waals surface area contributed by atoms with Gasteiger partial charge in [0.05, 0.1) is 10.9 Å². The Bertz CT molecular complexity index is 816. The molecule has 0 unspecified atom stereocenters. The monoisotopic (exact) mass is 319 g/mol. The standard InChI is InChI=1S/C13H9F4NO4/c1-2-18-4-6(12(20)21)10(19)5-3-7(14)8(15)11(9(5)18)22-13(16)17/h3-4,13H,2H2,1H3,(H,20,21). The van der Waals surface area contributed by atoms with Crippen LogP contribution in [-0.2, 0) is 6.54 Å². The molecule has 118 valence electrons. The number of ether oxygens (including phenoxy) is 1. The molecule has 2 aromatic rings. The average Bonchev–Trinajstić information content (AvgIpc) is 2.44. The third-order valence-electron chi connectivity index (χ3n) is 2.99. The molecule has 1 N–H and O–H groups in total. The molecule has 0 atom stereocenters. The van der Waals surface area contributed by atoms with E-state index < -0.39 is 51.9 Å². The Morgan fingerprint density at radius 1 is 1.41 bits per heavy atom. The van der Waals surface area contributed by atoms with Gasteiger partial charge in [0.15, 0.2) is 11.6 Å².